The Labute approximate surface area is 150 Å². The molecule has 0 spiro atoms. The van der Waals surface area contributed by atoms with Crippen LogP contribution in [0.25, 0.3) is 11.4 Å². The number of ether oxygens (including phenoxy) is 1. The topological polar surface area (TPSA) is 98.9 Å². The zero-order valence-corrected chi connectivity index (χ0v) is 14.5. The van der Waals surface area contributed by atoms with E-state index >= 15 is 0 Å². The number of benzene rings is 1. The van der Waals surface area contributed by atoms with Gasteiger partial charge in [-0.1, -0.05) is 0 Å². The fourth-order valence-corrected chi connectivity index (χ4v) is 2.71. The number of rotatable bonds is 3. The lowest BCUT2D eigenvalue weighted by molar-refractivity contribution is 0.0593. The third-order valence-corrected chi connectivity index (χ3v) is 3.95. The fraction of sp³-hybridized carbons (Fsp3) is 0.0625. The highest BCUT2D eigenvalue weighted by Crippen LogP contribution is 2.29. The summed E-state index contributed by atoms with van der Waals surface area (Å²) >= 11 is 3.30. The number of aromatic nitrogens is 3. The van der Waals surface area contributed by atoms with Gasteiger partial charge >= 0.3 is 5.97 Å². The maximum absolute atomic E-state index is 13.9. The summed E-state index contributed by atoms with van der Waals surface area (Å²) in [6.45, 7) is 0. The van der Waals surface area contributed by atoms with Crippen LogP contribution < -0.4 is 5.73 Å². The van der Waals surface area contributed by atoms with E-state index in [1.165, 1.54) is 40.8 Å². The van der Waals surface area contributed by atoms with Crippen molar-refractivity contribution in [3.63, 3.8) is 0 Å². The lowest BCUT2D eigenvalue weighted by atomic mass is 10.2. The first-order chi connectivity index (χ1) is 12.0. The minimum Gasteiger partial charge on any atom is -0.464 e. The molecular weight excluding hydrogens is 393 g/mol. The summed E-state index contributed by atoms with van der Waals surface area (Å²) in [6.07, 6.45) is 4.60. The van der Waals surface area contributed by atoms with E-state index in [0.29, 0.717) is 5.69 Å². The molecular formula is C16H11BrFN5O2. The average Bonchev–Trinajstić information content (AvgIpc) is 3.17. The number of halogens is 2. The monoisotopic (exact) mass is 403 g/mol. The van der Waals surface area contributed by atoms with Crippen molar-refractivity contribution in [2.75, 3.05) is 12.8 Å². The zero-order chi connectivity index (χ0) is 18.1. The normalized spacial score (nSPS) is 10.5. The van der Waals surface area contributed by atoms with Crippen molar-refractivity contribution in [2.45, 2.75) is 0 Å². The first-order valence-corrected chi connectivity index (χ1v) is 7.75. The second-order valence-corrected chi connectivity index (χ2v) is 5.93. The molecule has 0 saturated heterocycles. The van der Waals surface area contributed by atoms with E-state index in [1.54, 1.807) is 12.4 Å². The number of hydrogen-bond acceptors (Lipinski definition) is 5. The third kappa shape index (κ3) is 2.88. The summed E-state index contributed by atoms with van der Waals surface area (Å²) in [5.74, 6) is -1.26. The van der Waals surface area contributed by atoms with Gasteiger partial charge in [-0.05, 0) is 28.1 Å². The third-order valence-electron chi connectivity index (χ3n) is 3.54. The van der Waals surface area contributed by atoms with Gasteiger partial charge in [0.15, 0.2) is 5.69 Å². The van der Waals surface area contributed by atoms with E-state index in [4.69, 9.17) is 10.5 Å². The van der Waals surface area contributed by atoms with Crippen molar-refractivity contribution in [2.24, 2.45) is 0 Å². The Morgan fingerprint density at radius 1 is 1.40 bits per heavy atom. The van der Waals surface area contributed by atoms with Gasteiger partial charge in [-0.25, -0.2) is 13.9 Å². The number of nitrogens with zero attached hydrogens (tertiary/aromatic N) is 4. The van der Waals surface area contributed by atoms with Gasteiger partial charge in [0.25, 0.3) is 0 Å². The Morgan fingerprint density at radius 2 is 2.16 bits per heavy atom. The lowest BCUT2D eigenvalue weighted by Crippen LogP contribution is -2.13. The van der Waals surface area contributed by atoms with Gasteiger partial charge in [0.2, 0.25) is 0 Å². The second kappa shape index (κ2) is 6.41. The number of anilines is 1. The number of nitrogens with two attached hydrogens (primary N) is 1. The summed E-state index contributed by atoms with van der Waals surface area (Å²) in [6, 6.07) is 5.90. The molecule has 0 radical (unpaired) electrons. The molecule has 0 unspecified atom stereocenters. The Morgan fingerprint density at radius 3 is 2.76 bits per heavy atom. The van der Waals surface area contributed by atoms with Gasteiger partial charge in [-0.15, -0.1) is 0 Å². The van der Waals surface area contributed by atoms with E-state index in [-0.39, 0.29) is 22.6 Å². The molecule has 1 aromatic carbocycles. The van der Waals surface area contributed by atoms with Crippen molar-refractivity contribution in [1.29, 1.82) is 5.26 Å². The zero-order valence-electron chi connectivity index (χ0n) is 12.9. The van der Waals surface area contributed by atoms with Crippen LogP contribution in [0.5, 0.6) is 0 Å². The average molecular weight is 404 g/mol. The number of nitrogen functional groups attached to an aromatic ring is 1. The molecule has 0 bridgehead atoms. The molecule has 7 nitrogen and oxygen atoms in total. The van der Waals surface area contributed by atoms with Gasteiger partial charge < -0.3 is 15.0 Å². The Kier molecular flexibility index (Phi) is 4.29. The van der Waals surface area contributed by atoms with E-state index in [0.717, 1.165) is 4.47 Å². The number of hydrogen-bond donors (Lipinski definition) is 1. The van der Waals surface area contributed by atoms with Gasteiger partial charge in [0, 0.05) is 18.5 Å². The van der Waals surface area contributed by atoms with Crippen LogP contribution in [0.15, 0.2) is 41.3 Å². The molecule has 3 rings (SSSR count). The standard InChI is InChI=1S/C16H11BrFN5O2/c1-25-16(24)15-14(20)9(5-19)7-22(15)13-4-11(18)2-3-12(13)23-8-10(17)6-21-23/h2-4,6-8H,20H2,1H3. The highest BCUT2D eigenvalue weighted by atomic mass is 79.9. The van der Waals surface area contributed by atoms with E-state index < -0.39 is 11.8 Å². The van der Waals surface area contributed by atoms with Crippen LogP contribution in [0.1, 0.15) is 16.1 Å². The van der Waals surface area contributed by atoms with Crippen LogP contribution in [0.2, 0.25) is 0 Å². The molecule has 126 valence electrons. The lowest BCUT2D eigenvalue weighted by Gasteiger charge is -2.13. The molecule has 0 aliphatic rings. The maximum Gasteiger partial charge on any atom is 0.357 e. The number of esters is 1. The first-order valence-electron chi connectivity index (χ1n) is 6.96. The quantitative estimate of drug-likeness (QED) is 0.677. The molecule has 0 aliphatic carbocycles. The summed E-state index contributed by atoms with van der Waals surface area (Å²) in [4.78, 5) is 12.1. The molecule has 0 atom stereocenters. The molecule has 25 heavy (non-hydrogen) atoms. The van der Waals surface area contributed by atoms with Crippen LogP contribution >= 0.6 is 15.9 Å². The smallest absolute Gasteiger partial charge is 0.357 e. The Balaban J connectivity index is 2.32. The van der Waals surface area contributed by atoms with Crippen LogP contribution in [0.4, 0.5) is 10.1 Å². The van der Waals surface area contributed by atoms with Crippen molar-refractivity contribution in [1.82, 2.24) is 14.3 Å². The van der Waals surface area contributed by atoms with Crippen LogP contribution in [0, 0.1) is 17.1 Å². The van der Waals surface area contributed by atoms with E-state index in [2.05, 4.69) is 21.0 Å². The summed E-state index contributed by atoms with van der Waals surface area (Å²) in [7, 11) is 1.20. The molecule has 0 amide bonds. The highest BCUT2D eigenvalue weighted by Gasteiger charge is 2.23. The van der Waals surface area contributed by atoms with E-state index in [9.17, 15) is 14.4 Å². The van der Waals surface area contributed by atoms with Crippen LogP contribution in [0.3, 0.4) is 0 Å². The van der Waals surface area contributed by atoms with Gasteiger partial charge in [0.1, 0.15) is 11.9 Å². The van der Waals surface area contributed by atoms with Gasteiger partial charge in [0.05, 0.1) is 40.4 Å². The molecule has 0 aliphatic heterocycles. The van der Waals surface area contributed by atoms with E-state index in [1.807, 2.05) is 6.07 Å². The molecule has 3 aromatic rings. The molecule has 0 saturated carbocycles. The first kappa shape index (κ1) is 16.7. The van der Waals surface area contributed by atoms with Crippen molar-refractivity contribution in [3.8, 4) is 17.4 Å². The summed E-state index contributed by atoms with van der Waals surface area (Å²) in [5, 5.41) is 13.4. The summed E-state index contributed by atoms with van der Waals surface area (Å²) in [5.41, 5.74) is 6.64. The molecule has 2 N–H and O–H groups in total. The van der Waals surface area contributed by atoms with Gasteiger partial charge in [-0.2, -0.15) is 10.4 Å². The predicted octanol–water partition coefficient (Wildman–Crippen LogP) is 2.81. The van der Waals surface area contributed by atoms with Gasteiger partial charge in [-0.3, -0.25) is 0 Å². The Hall–Kier alpha value is -3.12. The minimum absolute atomic E-state index is 0.0359. The minimum atomic E-state index is -0.740. The number of nitriles is 1. The number of carbonyl (C=O) groups excluding carboxylic acids is 1. The Bertz CT molecular complexity index is 1020. The number of carbonyl (C=O) groups is 1. The van der Waals surface area contributed by atoms with Crippen LogP contribution in [-0.2, 0) is 4.74 Å². The largest absolute Gasteiger partial charge is 0.464 e. The second-order valence-electron chi connectivity index (χ2n) is 5.01. The highest BCUT2D eigenvalue weighted by molar-refractivity contribution is 9.10. The van der Waals surface area contributed by atoms with Crippen LogP contribution in [-0.4, -0.2) is 27.4 Å². The fourth-order valence-electron chi connectivity index (χ4n) is 2.42. The van der Waals surface area contributed by atoms with Crippen molar-refractivity contribution in [3.05, 3.63) is 58.3 Å². The molecule has 2 heterocycles. The SMILES string of the molecule is COC(=O)c1c(N)c(C#N)cn1-c1cc(F)ccc1-n1cc(Br)cn1. The maximum atomic E-state index is 13.9. The molecule has 9 heteroatoms. The van der Waals surface area contributed by atoms with Crippen molar-refractivity contribution >= 4 is 27.6 Å². The predicted molar refractivity (Wildman–Crippen MR) is 91.0 cm³/mol. The summed E-state index contributed by atoms with van der Waals surface area (Å²) < 4.78 is 22.2. The molecule has 0 fully saturated rings. The number of methoxy groups -OCH3 is 1. The molecule has 2 aromatic heterocycles. The van der Waals surface area contributed by atoms with Crippen molar-refractivity contribution < 1.29 is 13.9 Å².